The van der Waals surface area contributed by atoms with Crippen LogP contribution in [-0.4, -0.2) is 20.8 Å². The molecule has 0 radical (unpaired) electrons. The van der Waals surface area contributed by atoms with E-state index in [2.05, 4.69) is 34.0 Å². The number of carbonyl (C=O) groups excluding carboxylic acids is 1. The largest absolute Gasteiger partial charge is 0.416 e. The van der Waals surface area contributed by atoms with Crippen molar-refractivity contribution in [2.45, 2.75) is 45.7 Å². The SMILES string of the molecule is CC(C)[C@H]1c2ncc(C(=O)NCc3ccccn3)cc2CN1Cc1ccc(C(F)(F)F)cc1. The minimum atomic E-state index is -4.35. The number of benzene rings is 1. The van der Waals surface area contributed by atoms with Crippen molar-refractivity contribution in [2.24, 2.45) is 5.92 Å². The van der Waals surface area contributed by atoms with Gasteiger partial charge in [0.2, 0.25) is 0 Å². The molecular formula is C25H25F3N4O. The zero-order valence-corrected chi connectivity index (χ0v) is 18.4. The number of pyridine rings is 2. The Bertz CT molecular complexity index is 1110. The van der Waals surface area contributed by atoms with Gasteiger partial charge in [-0.05, 0) is 47.4 Å². The average Bonchev–Trinajstić information content (AvgIpc) is 3.15. The van der Waals surface area contributed by atoms with E-state index in [-0.39, 0.29) is 17.9 Å². The summed E-state index contributed by atoms with van der Waals surface area (Å²) < 4.78 is 38.6. The molecule has 1 amide bonds. The van der Waals surface area contributed by atoms with Crippen LogP contribution in [0.25, 0.3) is 0 Å². The molecule has 33 heavy (non-hydrogen) atoms. The van der Waals surface area contributed by atoms with Crippen molar-refractivity contribution < 1.29 is 18.0 Å². The van der Waals surface area contributed by atoms with E-state index >= 15 is 0 Å². The Labute approximate surface area is 190 Å². The van der Waals surface area contributed by atoms with E-state index in [4.69, 9.17) is 0 Å². The van der Waals surface area contributed by atoms with Crippen molar-refractivity contribution in [2.75, 3.05) is 0 Å². The molecule has 1 aromatic carbocycles. The standard InChI is InChI=1S/C25H25F3N4O/c1-16(2)23-22-19(15-32(23)14-17-6-8-20(9-7-17)25(26,27)28)11-18(12-30-22)24(33)31-13-21-5-3-4-10-29-21/h3-12,16,23H,13-15H2,1-2H3,(H,31,33)/t23-/m0/s1. The molecule has 1 atom stereocenters. The minimum Gasteiger partial charge on any atom is -0.346 e. The van der Waals surface area contributed by atoms with Crippen LogP contribution in [0.5, 0.6) is 0 Å². The number of hydrogen-bond acceptors (Lipinski definition) is 4. The summed E-state index contributed by atoms with van der Waals surface area (Å²) in [5.41, 5.74) is 3.27. The third-order valence-corrected chi connectivity index (χ3v) is 5.77. The summed E-state index contributed by atoms with van der Waals surface area (Å²) in [4.78, 5) is 23.6. The lowest BCUT2D eigenvalue weighted by molar-refractivity contribution is -0.137. The van der Waals surface area contributed by atoms with Crippen LogP contribution < -0.4 is 5.32 Å². The Morgan fingerprint density at radius 1 is 1.15 bits per heavy atom. The van der Waals surface area contributed by atoms with Crippen LogP contribution in [0.3, 0.4) is 0 Å². The summed E-state index contributed by atoms with van der Waals surface area (Å²) in [7, 11) is 0. The predicted molar refractivity (Wildman–Crippen MR) is 118 cm³/mol. The summed E-state index contributed by atoms with van der Waals surface area (Å²) in [6, 6.07) is 12.7. The molecule has 0 saturated carbocycles. The van der Waals surface area contributed by atoms with Crippen LogP contribution in [0.4, 0.5) is 13.2 Å². The normalized spacial score (nSPS) is 16.1. The van der Waals surface area contributed by atoms with E-state index in [1.165, 1.54) is 12.1 Å². The molecule has 5 nitrogen and oxygen atoms in total. The lowest BCUT2D eigenvalue weighted by atomic mass is 9.99. The van der Waals surface area contributed by atoms with Crippen LogP contribution in [0.15, 0.2) is 60.9 Å². The minimum absolute atomic E-state index is 0.0212. The van der Waals surface area contributed by atoms with E-state index in [1.807, 2.05) is 24.3 Å². The highest BCUT2D eigenvalue weighted by Gasteiger charge is 2.35. The summed E-state index contributed by atoms with van der Waals surface area (Å²) >= 11 is 0. The zero-order valence-electron chi connectivity index (χ0n) is 18.4. The number of aromatic nitrogens is 2. The third kappa shape index (κ3) is 5.22. The molecule has 2 aromatic heterocycles. The molecule has 3 aromatic rings. The monoisotopic (exact) mass is 454 g/mol. The Balaban J connectivity index is 1.48. The van der Waals surface area contributed by atoms with Crippen molar-refractivity contribution >= 4 is 5.91 Å². The number of nitrogens with one attached hydrogen (secondary N) is 1. The average molecular weight is 454 g/mol. The van der Waals surface area contributed by atoms with Gasteiger partial charge in [0.1, 0.15) is 0 Å². The molecule has 0 bridgehead atoms. The van der Waals surface area contributed by atoms with Crippen molar-refractivity contribution in [3.05, 3.63) is 94.6 Å². The van der Waals surface area contributed by atoms with E-state index in [1.54, 1.807) is 12.4 Å². The summed E-state index contributed by atoms with van der Waals surface area (Å²) in [5, 5.41) is 2.86. The Morgan fingerprint density at radius 3 is 2.55 bits per heavy atom. The van der Waals surface area contributed by atoms with E-state index < -0.39 is 11.7 Å². The fraction of sp³-hybridized carbons (Fsp3) is 0.320. The first-order valence-corrected chi connectivity index (χ1v) is 10.8. The van der Waals surface area contributed by atoms with Gasteiger partial charge in [-0.2, -0.15) is 13.2 Å². The van der Waals surface area contributed by atoms with Crippen LogP contribution in [0, 0.1) is 5.92 Å². The maximum atomic E-state index is 12.9. The first-order chi connectivity index (χ1) is 15.7. The van der Waals surface area contributed by atoms with Crippen LogP contribution in [0.1, 0.15) is 58.3 Å². The lowest BCUT2D eigenvalue weighted by Gasteiger charge is -2.27. The van der Waals surface area contributed by atoms with Gasteiger partial charge in [0.15, 0.2) is 0 Å². The number of carbonyl (C=O) groups is 1. The number of fused-ring (bicyclic) bond motifs is 1. The van der Waals surface area contributed by atoms with Gasteiger partial charge in [0.25, 0.3) is 5.91 Å². The summed E-state index contributed by atoms with van der Waals surface area (Å²) in [6.07, 6.45) is -1.08. The molecule has 172 valence electrons. The second-order valence-electron chi connectivity index (χ2n) is 8.56. The highest BCUT2D eigenvalue weighted by molar-refractivity contribution is 5.94. The Morgan fingerprint density at radius 2 is 1.91 bits per heavy atom. The molecule has 0 saturated heterocycles. The third-order valence-electron chi connectivity index (χ3n) is 5.77. The number of nitrogens with zero attached hydrogens (tertiary/aromatic N) is 3. The summed E-state index contributed by atoms with van der Waals surface area (Å²) in [5.74, 6) is 0.0234. The van der Waals surface area contributed by atoms with Gasteiger partial charge in [0.05, 0.1) is 35.1 Å². The number of rotatable bonds is 6. The summed E-state index contributed by atoms with van der Waals surface area (Å²) in [6.45, 7) is 5.58. The van der Waals surface area contributed by atoms with E-state index in [0.29, 0.717) is 25.2 Å². The van der Waals surface area contributed by atoms with E-state index in [9.17, 15) is 18.0 Å². The number of amides is 1. The molecular weight excluding hydrogens is 429 g/mol. The molecule has 3 heterocycles. The molecule has 0 fully saturated rings. The van der Waals surface area contributed by atoms with Gasteiger partial charge in [-0.3, -0.25) is 19.7 Å². The smallest absolute Gasteiger partial charge is 0.346 e. The molecule has 1 aliphatic heterocycles. The fourth-order valence-electron chi connectivity index (χ4n) is 4.23. The van der Waals surface area contributed by atoms with Crippen LogP contribution >= 0.6 is 0 Å². The molecule has 8 heteroatoms. The quantitative estimate of drug-likeness (QED) is 0.561. The number of hydrogen-bond donors (Lipinski definition) is 1. The molecule has 1 N–H and O–H groups in total. The van der Waals surface area contributed by atoms with Crippen LogP contribution in [0.2, 0.25) is 0 Å². The molecule has 0 spiro atoms. The Hall–Kier alpha value is -3.26. The zero-order chi connectivity index (χ0) is 23.6. The predicted octanol–water partition coefficient (Wildman–Crippen LogP) is 5.14. The van der Waals surface area contributed by atoms with Gasteiger partial charge >= 0.3 is 6.18 Å². The van der Waals surface area contributed by atoms with Crippen molar-refractivity contribution in [1.29, 1.82) is 0 Å². The maximum Gasteiger partial charge on any atom is 0.416 e. The molecule has 1 aliphatic rings. The highest BCUT2D eigenvalue weighted by atomic mass is 19.4. The maximum absolute atomic E-state index is 12.9. The molecule has 0 aliphatic carbocycles. The lowest BCUT2D eigenvalue weighted by Crippen LogP contribution is -2.26. The number of halogens is 3. The second-order valence-corrected chi connectivity index (χ2v) is 8.56. The molecule has 0 unspecified atom stereocenters. The van der Waals surface area contributed by atoms with Gasteiger partial charge in [0, 0.05) is 25.5 Å². The van der Waals surface area contributed by atoms with Crippen molar-refractivity contribution in [1.82, 2.24) is 20.2 Å². The topological polar surface area (TPSA) is 58.1 Å². The highest BCUT2D eigenvalue weighted by Crippen LogP contribution is 2.39. The molecule has 4 rings (SSSR count). The fourth-order valence-corrected chi connectivity index (χ4v) is 4.23. The first-order valence-electron chi connectivity index (χ1n) is 10.8. The van der Waals surface area contributed by atoms with Gasteiger partial charge in [-0.15, -0.1) is 0 Å². The van der Waals surface area contributed by atoms with Crippen molar-refractivity contribution in [3.63, 3.8) is 0 Å². The first kappa shape index (κ1) is 22.9. The number of alkyl halides is 3. The van der Waals surface area contributed by atoms with Gasteiger partial charge < -0.3 is 5.32 Å². The Kier molecular flexibility index (Phi) is 6.47. The van der Waals surface area contributed by atoms with Crippen molar-refractivity contribution in [3.8, 4) is 0 Å². The van der Waals surface area contributed by atoms with Crippen LogP contribution in [-0.2, 0) is 25.8 Å². The van der Waals surface area contributed by atoms with Gasteiger partial charge in [-0.25, -0.2) is 0 Å². The van der Waals surface area contributed by atoms with E-state index in [0.717, 1.165) is 34.6 Å². The van der Waals surface area contributed by atoms with Gasteiger partial charge in [-0.1, -0.05) is 32.0 Å². The second kappa shape index (κ2) is 9.31.